The molecule has 0 aliphatic heterocycles. The van der Waals surface area contributed by atoms with Gasteiger partial charge in [-0.3, -0.25) is 4.68 Å². The summed E-state index contributed by atoms with van der Waals surface area (Å²) >= 11 is 6.13. The Balaban J connectivity index is 2.35. The summed E-state index contributed by atoms with van der Waals surface area (Å²) in [7, 11) is 0. The number of halogens is 2. The highest BCUT2D eigenvalue weighted by Crippen LogP contribution is 2.31. The molecule has 1 atom stereocenters. The highest BCUT2D eigenvalue weighted by Gasteiger charge is 2.31. The van der Waals surface area contributed by atoms with Crippen LogP contribution in [0.4, 0.5) is 4.39 Å². The molecule has 108 valence electrons. The minimum atomic E-state index is -1.27. The van der Waals surface area contributed by atoms with Crippen molar-refractivity contribution in [3.63, 3.8) is 0 Å². The minimum Gasteiger partial charge on any atom is -0.383 e. The van der Waals surface area contributed by atoms with Gasteiger partial charge in [0.05, 0.1) is 16.9 Å². The molecule has 0 aliphatic carbocycles. The zero-order chi connectivity index (χ0) is 14.8. The molecule has 0 fully saturated rings. The molecule has 0 aliphatic rings. The van der Waals surface area contributed by atoms with E-state index in [1.54, 1.807) is 29.8 Å². The lowest BCUT2D eigenvalue weighted by atomic mass is 9.92. The molecule has 1 unspecified atom stereocenters. The number of aryl methyl sites for hydroxylation is 1. The Hall–Kier alpha value is -1.39. The second-order valence-corrected chi connectivity index (χ2v) is 5.51. The fraction of sp³-hybridized carbons (Fsp3) is 0.400. The van der Waals surface area contributed by atoms with Crippen molar-refractivity contribution in [3.05, 3.63) is 52.6 Å². The number of rotatable bonds is 5. The minimum absolute atomic E-state index is 0.148. The summed E-state index contributed by atoms with van der Waals surface area (Å²) in [6, 6.07) is 6.43. The lowest BCUT2D eigenvalue weighted by molar-refractivity contribution is 0.0470. The van der Waals surface area contributed by atoms with E-state index in [0.29, 0.717) is 22.8 Å². The van der Waals surface area contributed by atoms with Gasteiger partial charge in [0.15, 0.2) is 0 Å². The van der Waals surface area contributed by atoms with Gasteiger partial charge in [-0.15, -0.1) is 0 Å². The smallest absolute Gasteiger partial charge is 0.126 e. The van der Waals surface area contributed by atoms with E-state index in [1.807, 2.05) is 6.92 Å². The Kier molecular flexibility index (Phi) is 4.45. The number of aliphatic hydroxyl groups is 1. The van der Waals surface area contributed by atoms with Crippen molar-refractivity contribution in [1.82, 2.24) is 9.78 Å². The van der Waals surface area contributed by atoms with Gasteiger partial charge in [0.1, 0.15) is 11.4 Å². The van der Waals surface area contributed by atoms with E-state index < -0.39 is 5.60 Å². The van der Waals surface area contributed by atoms with Crippen molar-refractivity contribution in [2.45, 2.75) is 38.8 Å². The van der Waals surface area contributed by atoms with Crippen LogP contribution in [-0.2, 0) is 18.6 Å². The number of hydrogen-bond donors (Lipinski definition) is 1. The van der Waals surface area contributed by atoms with Gasteiger partial charge in [-0.25, -0.2) is 4.39 Å². The van der Waals surface area contributed by atoms with Crippen LogP contribution in [0.5, 0.6) is 0 Å². The topological polar surface area (TPSA) is 38.0 Å². The molecule has 1 aromatic heterocycles. The van der Waals surface area contributed by atoms with E-state index in [2.05, 4.69) is 5.10 Å². The molecule has 5 heteroatoms. The van der Waals surface area contributed by atoms with Crippen LogP contribution in [0.15, 0.2) is 30.5 Å². The maximum absolute atomic E-state index is 13.7. The number of aromatic nitrogens is 2. The first-order valence-corrected chi connectivity index (χ1v) is 7.01. The number of nitrogens with zero attached hydrogens (tertiary/aromatic N) is 2. The molecule has 0 amide bonds. The van der Waals surface area contributed by atoms with Crippen LogP contribution in [0.2, 0.25) is 5.02 Å². The molecule has 1 aromatic carbocycles. The highest BCUT2D eigenvalue weighted by molar-refractivity contribution is 6.31. The molecule has 1 N–H and O–H groups in total. The Labute approximate surface area is 123 Å². The van der Waals surface area contributed by atoms with Crippen LogP contribution < -0.4 is 0 Å². The van der Waals surface area contributed by atoms with Gasteiger partial charge in [0.25, 0.3) is 0 Å². The first-order valence-electron chi connectivity index (χ1n) is 6.63. The third-order valence-electron chi connectivity index (χ3n) is 3.23. The van der Waals surface area contributed by atoms with E-state index in [1.165, 1.54) is 12.3 Å². The van der Waals surface area contributed by atoms with E-state index >= 15 is 0 Å². The molecule has 2 aromatic rings. The predicted octanol–water partition coefficient (Wildman–Crippen LogP) is 3.54. The van der Waals surface area contributed by atoms with E-state index in [-0.39, 0.29) is 12.2 Å². The Morgan fingerprint density at radius 3 is 2.75 bits per heavy atom. The number of hydrogen-bond acceptors (Lipinski definition) is 2. The molecule has 2 rings (SSSR count). The monoisotopic (exact) mass is 296 g/mol. The van der Waals surface area contributed by atoms with Gasteiger partial charge < -0.3 is 5.11 Å². The molecule has 0 spiro atoms. The van der Waals surface area contributed by atoms with Crippen LogP contribution in [0.25, 0.3) is 0 Å². The van der Waals surface area contributed by atoms with Gasteiger partial charge in [-0.1, -0.05) is 36.7 Å². The van der Waals surface area contributed by atoms with Crippen molar-refractivity contribution in [1.29, 1.82) is 0 Å². The zero-order valence-corrected chi connectivity index (χ0v) is 12.4. The summed E-state index contributed by atoms with van der Waals surface area (Å²) in [6.45, 7) is 4.31. The molecule has 3 nitrogen and oxygen atoms in total. The molecule has 0 radical (unpaired) electrons. The summed E-state index contributed by atoms with van der Waals surface area (Å²) in [5, 5.41) is 15.3. The second kappa shape index (κ2) is 5.94. The van der Waals surface area contributed by atoms with Crippen molar-refractivity contribution < 1.29 is 9.50 Å². The van der Waals surface area contributed by atoms with E-state index in [0.717, 1.165) is 6.42 Å². The lowest BCUT2D eigenvalue weighted by Crippen LogP contribution is -2.29. The molecular weight excluding hydrogens is 279 g/mol. The fourth-order valence-electron chi connectivity index (χ4n) is 2.38. The van der Waals surface area contributed by atoms with Crippen molar-refractivity contribution in [2.75, 3.05) is 0 Å². The van der Waals surface area contributed by atoms with Crippen molar-refractivity contribution in [2.24, 2.45) is 0 Å². The highest BCUT2D eigenvalue weighted by atomic mass is 35.5. The molecule has 0 bridgehead atoms. The SMILES string of the molecule is CCCn1ncc(Cl)c1C(C)(O)Cc1ccccc1F. The summed E-state index contributed by atoms with van der Waals surface area (Å²) in [6.07, 6.45) is 2.54. The van der Waals surface area contributed by atoms with Gasteiger partial charge >= 0.3 is 0 Å². The maximum Gasteiger partial charge on any atom is 0.126 e. The zero-order valence-electron chi connectivity index (χ0n) is 11.6. The van der Waals surface area contributed by atoms with Crippen LogP contribution in [0.1, 0.15) is 31.5 Å². The lowest BCUT2D eigenvalue weighted by Gasteiger charge is -2.25. The summed E-state index contributed by atoms with van der Waals surface area (Å²) in [4.78, 5) is 0. The first-order chi connectivity index (χ1) is 9.45. The van der Waals surface area contributed by atoms with Gasteiger partial charge in [0, 0.05) is 13.0 Å². The van der Waals surface area contributed by atoms with Gasteiger partial charge in [-0.2, -0.15) is 5.10 Å². The third kappa shape index (κ3) is 3.02. The van der Waals surface area contributed by atoms with Crippen LogP contribution in [0, 0.1) is 5.82 Å². The van der Waals surface area contributed by atoms with E-state index in [9.17, 15) is 9.50 Å². The van der Waals surface area contributed by atoms with Gasteiger partial charge in [-0.05, 0) is 25.0 Å². The molecular formula is C15H18ClFN2O. The molecule has 0 saturated carbocycles. The first kappa shape index (κ1) is 15.0. The number of benzene rings is 1. The van der Waals surface area contributed by atoms with Crippen LogP contribution in [-0.4, -0.2) is 14.9 Å². The average molecular weight is 297 g/mol. The Morgan fingerprint density at radius 1 is 1.40 bits per heavy atom. The molecule has 1 heterocycles. The van der Waals surface area contributed by atoms with Crippen LogP contribution in [0.3, 0.4) is 0 Å². The Bertz CT molecular complexity index is 595. The second-order valence-electron chi connectivity index (χ2n) is 5.11. The molecule has 0 saturated heterocycles. The third-order valence-corrected chi connectivity index (χ3v) is 3.51. The predicted molar refractivity (Wildman–Crippen MR) is 77.2 cm³/mol. The fourth-order valence-corrected chi connectivity index (χ4v) is 2.72. The van der Waals surface area contributed by atoms with Crippen molar-refractivity contribution >= 4 is 11.6 Å². The van der Waals surface area contributed by atoms with Crippen LogP contribution >= 0.6 is 11.6 Å². The summed E-state index contributed by atoms with van der Waals surface area (Å²) in [5.41, 5.74) is -0.285. The maximum atomic E-state index is 13.7. The largest absolute Gasteiger partial charge is 0.383 e. The quantitative estimate of drug-likeness (QED) is 0.916. The molecule has 20 heavy (non-hydrogen) atoms. The normalized spacial score (nSPS) is 14.2. The van der Waals surface area contributed by atoms with Gasteiger partial charge in [0.2, 0.25) is 0 Å². The summed E-state index contributed by atoms with van der Waals surface area (Å²) in [5.74, 6) is -0.328. The summed E-state index contributed by atoms with van der Waals surface area (Å²) < 4.78 is 15.4. The average Bonchev–Trinajstić information content (AvgIpc) is 2.74. The Morgan fingerprint density at radius 2 is 2.10 bits per heavy atom. The standard InChI is InChI=1S/C15H18ClFN2O/c1-3-8-19-14(12(16)10-18-19)15(2,20)9-11-6-4-5-7-13(11)17/h4-7,10,20H,3,8-9H2,1-2H3. The van der Waals surface area contributed by atoms with E-state index in [4.69, 9.17) is 11.6 Å². The van der Waals surface area contributed by atoms with Crippen molar-refractivity contribution in [3.8, 4) is 0 Å².